The fraction of sp³-hybridized carbons (Fsp3) is 0.188. The predicted molar refractivity (Wildman–Crippen MR) is 170 cm³/mol. The van der Waals surface area contributed by atoms with Crippen molar-refractivity contribution in [2.75, 3.05) is 11.5 Å². The molecule has 0 saturated carbocycles. The second kappa shape index (κ2) is 13.6. The average molecular weight is 657 g/mol. The van der Waals surface area contributed by atoms with Gasteiger partial charge in [0.25, 0.3) is 17.7 Å². The zero-order valence-corrected chi connectivity index (χ0v) is 25.7. The highest BCUT2D eigenvalue weighted by Crippen LogP contribution is 2.43. The van der Waals surface area contributed by atoms with Crippen LogP contribution >= 0.6 is 23.5 Å². The van der Waals surface area contributed by atoms with E-state index in [0.29, 0.717) is 22.0 Å². The number of nitrogens with two attached hydrogens (primary N) is 1. The molecule has 1 saturated heterocycles. The molecule has 3 heterocycles. The minimum Gasteiger partial charge on any atom is -0.448 e. The van der Waals surface area contributed by atoms with Gasteiger partial charge in [0, 0.05) is 11.5 Å². The van der Waals surface area contributed by atoms with Crippen LogP contribution < -0.4 is 11.1 Å². The highest BCUT2D eigenvalue weighted by atomic mass is 32.2. The van der Waals surface area contributed by atoms with Crippen LogP contribution in [0.4, 0.5) is 0 Å². The van der Waals surface area contributed by atoms with E-state index in [4.69, 9.17) is 10.5 Å². The topological polar surface area (TPSA) is 181 Å². The zero-order chi connectivity index (χ0) is 32.2. The lowest BCUT2D eigenvalue weighted by Gasteiger charge is -2.50. The number of carbonyl (C=O) groups is 4. The number of ether oxygens (including phenoxy) is 1. The molecule has 0 radical (unpaired) electrons. The molecule has 4 aromatic rings. The van der Waals surface area contributed by atoms with Crippen LogP contribution in [0.2, 0.25) is 0 Å². The van der Waals surface area contributed by atoms with Crippen molar-refractivity contribution in [2.45, 2.75) is 28.8 Å². The second-order valence-electron chi connectivity index (χ2n) is 10.4. The smallest absolute Gasteiger partial charge is 0.356 e. The van der Waals surface area contributed by atoms with Gasteiger partial charge in [0.15, 0.2) is 17.4 Å². The number of carbonyl (C=O) groups excluding carboxylic acids is 4. The van der Waals surface area contributed by atoms with E-state index in [0.717, 1.165) is 11.1 Å². The first-order valence-electron chi connectivity index (χ1n) is 14.2. The van der Waals surface area contributed by atoms with Crippen molar-refractivity contribution in [3.63, 3.8) is 0 Å². The molecular formula is C32H28N6O6S2. The first-order valence-corrected chi connectivity index (χ1v) is 16.2. The molecule has 2 aliphatic heterocycles. The van der Waals surface area contributed by atoms with E-state index in [1.165, 1.54) is 28.4 Å². The number of amides is 3. The van der Waals surface area contributed by atoms with Gasteiger partial charge in [0.1, 0.15) is 17.1 Å². The number of nitrogens with one attached hydrogen (secondary N) is 2. The number of aliphatic hydroxyl groups excluding tert-OH is 1. The summed E-state index contributed by atoms with van der Waals surface area (Å²) in [6.45, 7) is 0. The number of β-lactam (4-membered cyclic amide) rings is 1. The van der Waals surface area contributed by atoms with Crippen molar-refractivity contribution < 1.29 is 29.0 Å². The maximum Gasteiger partial charge on any atom is 0.356 e. The van der Waals surface area contributed by atoms with Crippen molar-refractivity contribution >= 4 is 47.2 Å². The lowest BCUT2D eigenvalue weighted by molar-refractivity contribution is -0.155. The molecule has 0 aliphatic carbocycles. The Kier molecular flexibility index (Phi) is 9.19. The summed E-state index contributed by atoms with van der Waals surface area (Å²) >= 11 is 2.55. The number of H-pyrrole nitrogens is 1. The van der Waals surface area contributed by atoms with E-state index in [1.807, 2.05) is 60.7 Å². The van der Waals surface area contributed by atoms with Crippen molar-refractivity contribution in [1.82, 2.24) is 25.4 Å². The molecule has 2 aliphatic rings. The maximum absolute atomic E-state index is 14.1. The van der Waals surface area contributed by atoms with Crippen molar-refractivity contribution in [2.24, 2.45) is 5.73 Å². The highest BCUT2D eigenvalue weighted by molar-refractivity contribution is 8.01. The van der Waals surface area contributed by atoms with E-state index < -0.39 is 47.3 Å². The molecule has 14 heteroatoms. The number of benzene rings is 3. The van der Waals surface area contributed by atoms with E-state index in [9.17, 15) is 24.3 Å². The maximum atomic E-state index is 14.1. The summed E-state index contributed by atoms with van der Waals surface area (Å²) in [5.74, 6) is -2.35. The number of nitrogens with zero attached hydrogens (tertiary/aromatic N) is 3. The van der Waals surface area contributed by atoms with Crippen LogP contribution in [0.5, 0.6) is 0 Å². The first-order chi connectivity index (χ1) is 22.3. The number of fused-ring (bicyclic) bond motifs is 1. The molecular weight excluding hydrogens is 629 g/mol. The van der Waals surface area contributed by atoms with Gasteiger partial charge < -0.3 is 20.9 Å². The van der Waals surface area contributed by atoms with Gasteiger partial charge in [-0.25, -0.2) is 4.79 Å². The Morgan fingerprint density at radius 1 is 1.00 bits per heavy atom. The fourth-order valence-corrected chi connectivity index (χ4v) is 7.41. The van der Waals surface area contributed by atoms with Crippen LogP contribution in [-0.4, -0.2) is 71.8 Å². The van der Waals surface area contributed by atoms with Crippen molar-refractivity contribution in [3.8, 4) is 0 Å². The van der Waals surface area contributed by atoms with E-state index in [-0.39, 0.29) is 17.3 Å². The lowest BCUT2D eigenvalue weighted by Crippen LogP contribution is -2.71. The van der Waals surface area contributed by atoms with Crippen LogP contribution in [0.25, 0.3) is 0 Å². The number of primary amides is 1. The molecule has 234 valence electrons. The number of hydrogen-bond acceptors (Lipinski definition) is 10. The number of aromatic nitrogens is 3. The summed E-state index contributed by atoms with van der Waals surface area (Å²) in [6.07, 6.45) is -2.22. The van der Waals surface area contributed by atoms with E-state index in [1.54, 1.807) is 30.3 Å². The molecule has 0 spiro atoms. The minimum absolute atomic E-state index is 0.0712. The zero-order valence-electron chi connectivity index (χ0n) is 24.1. The highest BCUT2D eigenvalue weighted by Gasteiger charge is 2.55. The number of aliphatic hydroxyl groups is 1. The summed E-state index contributed by atoms with van der Waals surface area (Å²) in [5, 5.41) is 19.4. The Hall–Kier alpha value is -4.92. The van der Waals surface area contributed by atoms with E-state index >= 15 is 0 Å². The number of aromatic amines is 1. The summed E-state index contributed by atoms with van der Waals surface area (Å²) in [5.41, 5.74) is 7.82. The van der Waals surface area contributed by atoms with Crippen LogP contribution in [-0.2, 0) is 19.1 Å². The first kappa shape index (κ1) is 31.1. The van der Waals surface area contributed by atoms with Gasteiger partial charge in [0.05, 0.1) is 0 Å². The van der Waals surface area contributed by atoms with Gasteiger partial charge in [-0.3, -0.25) is 24.4 Å². The van der Waals surface area contributed by atoms with Gasteiger partial charge >= 0.3 is 5.97 Å². The summed E-state index contributed by atoms with van der Waals surface area (Å²) in [6, 6.07) is 26.0. The number of hydrogen-bond donors (Lipinski definition) is 4. The number of esters is 1. The van der Waals surface area contributed by atoms with Crippen LogP contribution in [0.3, 0.4) is 0 Å². The summed E-state index contributed by atoms with van der Waals surface area (Å²) < 4.78 is 6.16. The van der Waals surface area contributed by atoms with Crippen LogP contribution in [0, 0.1) is 0 Å². The van der Waals surface area contributed by atoms with Gasteiger partial charge in [-0.1, -0.05) is 103 Å². The molecule has 46 heavy (non-hydrogen) atoms. The van der Waals surface area contributed by atoms with Gasteiger partial charge in [-0.15, -0.1) is 16.9 Å². The molecule has 2 unspecified atom stereocenters. The van der Waals surface area contributed by atoms with Gasteiger partial charge in [0.2, 0.25) is 5.82 Å². The fourth-order valence-electron chi connectivity index (χ4n) is 5.13. The molecule has 5 N–H and O–H groups in total. The summed E-state index contributed by atoms with van der Waals surface area (Å²) in [7, 11) is 0. The Balaban J connectivity index is 1.28. The van der Waals surface area contributed by atoms with Crippen molar-refractivity contribution in [3.05, 3.63) is 125 Å². The molecule has 12 nitrogen and oxygen atoms in total. The SMILES string of the molecule is NC(=O)c1n[nH]c(SCC2=C(C(=O)OC(c3ccccc3)c3ccccc3)N3C(=O)C(NC(=O)C(O)c4ccccc4)[C@@H]3SC2)n1. The molecule has 0 bridgehead atoms. The Morgan fingerprint density at radius 3 is 2.15 bits per heavy atom. The van der Waals surface area contributed by atoms with Gasteiger partial charge in [-0.2, -0.15) is 4.98 Å². The second-order valence-corrected chi connectivity index (χ2v) is 12.5. The van der Waals surface area contributed by atoms with Crippen LogP contribution in [0.1, 0.15) is 39.5 Å². The third-order valence-electron chi connectivity index (χ3n) is 7.40. The van der Waals surface area contributed by atoms with E-state index in [2.05, 4.69) is 20.5 Å². The third-order valence-corrected chi connectivity index (χ3v) is 9.69. The molecule has 3 aromatic carbocycles. The van der Waals surface area contributed by atoms with Crippen LogP contribution in [0.15, 0.2) is 107 Å². The lowest BCUT2D eigenvalue weighted by atomic mass is 10.0. The monoisotopic (exact) mass is 656 g/mol. The predicted octanol–water partition coefficient (Wildman–Crippen LogP) is 2.72. The largest absolute Gasteiger partial charge is 0.448 e. The molecule has 1 fully saturated rings. The quantitative estimate of drug-likeness (QED) is 0.107. The summed E-state index contributed by atoms with van der Waals surface area (Å²) in [4.78, 5) is 57.5. The Morgan fingerprint density at radius 2 is 1.59 bits per heavy atom. The standard InChI is InChI=1S/C32H28N6O6S2/c33-26(40)27-35-32(37-36-27)46-17-21-16-45-30-22(34-28(41)24(39)18-10-4-1-5-11-18)29(42)38(30)23(21)31(43)44-25(19-12-6-2-7-13-19)20-14-8-3-9-15-20/h1-15,22,24-25,30,39H,16-17H2,(H2,33,40)(H,34,41)(H,35,36,37)/t22?,24?,30-/m0/s1. The Bertz CT molecular complexity index is 1750. The van der Waals surface area contributed by atoms with Crippen molar-refractivity contribution in [1.29, 1.82) is 0 Å². The molecule has 3 amide bonds. The van der Waals surface area contributed by atoms with Gasteiger partial charge in [-0.05, 0) is 22.3 Å². The average Bonchev–Trinajstić information content (AvgIpc) is 3.58. The Labute approximate surface area is 271 Å². The normalized spacial score (nSPS) is 18.0. The molecule has 3 atom stereocenters. The molecule has 6 rings (SSSR count). The third kappa shape index (κ3) is 6.40. The minimum atomic E-state index is -1.46. The number of thioether (sulfide) groups is 2. The number of rotatable bonds is 11. The molecule has 1 aromatic heterocycles.